The van der Waals surface area contributed by atoms with Crippen molar-refractivity contribution in [2.45, 2.75) is 46.0 Å². The molecule has 1 fully saturated rings. The molecule has 1 heterocycles. The lowest BCUT2D eigenvalue weighted by Gasteiger charge is -2.32. The van der Waals surface area contributed by atoms with E-state index in [0.717, 1.165) is 5.92 Å². The standard InChI is InChI=1S/C16H25N/c1-13-9-11-17(12-10-13)15-7-5-14(6-8-15)16(2,3)4/h5-8,13H,9-12H2,1-4H3. The molecule has 0 aliphatic carbocycles. The van der Waals surface area contributed by atoms with Gasteiger partial charge >= 0.3 is 0 Å². The molecule has 0 unspecified atom stereocenters. The Morgan fingerprint density at radius 1 is 1.00 bits per heavy atom. The van der Waals surface area contributed by atoms with E-state index in [0.29, 0.717) is 0 Å². The average Bonchev–Trinajstić information content (AvgIpc) is 2.29. The van der Waals surface area contributed by atoms with E-state index in [2.05, 4.69) is 56.9 Å². The Kier molecular flexibility index (Phi) is 3.46. The van der Waals surface area contributed by atoms with Gasteiger partial charge in [-0.1, -0.05) is 39.8 Å². The van der Waals surface area contributed by atoms with E-state index in [-0.39, 0.29) is 5.41 Å². The molecule has 0 atom stereocenters. The largest absolute Gasteiger partial charge is 0.372 e. The van der Waals surface area contributed by atoms with Gasteiger partial charge in [0.15, 0.2) is 0 Å². The van der Waals surface area contributed by atoms with E-state index >= 15 is 0 Å². The number of piperidine rings is 1. The lowest BCUT2D eigenvalue weighted by Crippen LogP contribution is -2.32. The van der Waals surface area contributed by atoms with Crippen molar-refractivity contribution in [1.29, 1.82) is 0 Å². The maximum absolute atomic E-state index is 2.52. The first-order chi connectivity index (χ1) is 7.97. The molecule has 0 radical (unpaired) electrons. The second-order valence-corrected chi connectivity index (χ2v) is 6.47. The van der Waals surface area contributed by atoms with Crippen LogP contribution in [0.5, 0.6) is 0 Å². The molecule has 0 aromatic heterocycles. The molecular weight excluding hydrogens is 206 g/mol. The van der Waals surface area contributed by atoms with E-state index in [4.69, 9.17) is 0 Å². The smallest absolute Gasteiger partial charge is 0.0366 e. The van der Waals surface area contributed by atoms with Crippen LogP contribution in [0.1, 0.15) is 46.1 Å². The molecule has 0 saturated carbocycles. The van der Waals surface area contributed by atoms with Crippen molar-refractivity contribution in [2.75, 3.05) is 18.0 Å². The van der Waals surface area contributed by atoms with Gasteiger partial charge in [-0.05, 0) is 41.9 Å². The molecule has 0 spiro atoms. The van der Waals surface area contributed by atoms with Crippen molar-refractivity contribution in [3.8, 4) is 0 Å². The van der Waals surface area contributed by atoms with E-state index in [1.807, 2.05) is 0 Å². The SMILES string of the molecule is CC1CCN(c2ccc(C(C)(C)C)cc2)CC1. The zero-order chi connectivity index (χ0) is 12.5. The number of nitrogens with zero attached hydrogens (tertiary/aromatic N) is 1. The van der Waals surface area contributed by atoms with Gasteiger partial charge in [0, 0.05) is 18.8 Å². The lowest BCUT2D eigenvalue weighted by atomic mass is 9.87. The van der Waals surface area contributed by atoms with Crippen LogP contribution in [0.2, 0.25) is 0 Å². The van der Waals surface area contributed by atoms with Crippen molar-refractivity contribution in [1.82, 2.24) is 0 Å². The summed E-state index contributed by atoms with van der Waals surface area (Å²) in [5.41, 5.74) is 3.08. The zero-order valence-corrected chi connectivity index (χ0v) is 11.7. The molecule has 17 heavy (non-hydrogen) atoms. The van der Waals surface area contributed by atoms with E-state index in [9.17, 15) is 0 Å². The molecule has 1 heteroatoms. The van der Waals surface area contributed by atoms with Gasteiger partial charge in [-0.25, -0.2) is 0 Å². The zero-order valence-electron chi connectivity index (χ0n) is 11.7. The highest BCUT2D eigenvalue weighted by molar-refractivity contribution is 5.48. The summed E-state index contributed by atoms with van der Waals surface area (Å²) in [5.74, 6) is 0.903. The maximum Gasteiger partial charge on any atom is 0.0366 e. The Morgan fingerprint density at radius 2 is 1.53 bits per heavy atom. The van der Waals surface area contributed by atoms with Crippen molar-refractivity contribution in [2.24, 2.45) is 5.92 Å². The van der Waals surface area contributed by atoms with Gasteiger partial charge in [-0.3, -0.25) is 0 Å². The third-order valence-corrected chi connectivity index (χ3v) is 3.88. The van der Waals surface area contributed by atoms with Crippen molar-refractivity contribution >= 4 is 5.69 Å². The van der Waals surface area contributed by atoms with Crippen LogP contribution in [-0.4, -0.2) is 13.1 Å². The predicted octanol–water partition coefficient (Wildman–Crippen LogP) is 4.22. The molecule has 1 aliphatic rings. The Morgan fingerprint density at radius 3 is 2.00 bits per heavy atom. The van der Waals surface area contributed by atoms with Crippen LogP contribution < -0.4 is 4.90 Å². The normalized spacial score (nSPS) is 18.5. The fraction of sp³-hybridized carbons (Fsp3) is 0.625. The van der Waals surface area contributed by atoms with Crippen molar-refractivity contribution < 1.29 is 0 Å². The molecule has 0 amide bonds. The average molecular weight is 231 g/mol. The number of hydrogen-bond acceptors (Lipinski definition) is 1. The molecule has 1 nitrogen and oxygen atoms in total. The summed E-state index contributed by atoms with van der Waals surface area (Å²) in [4.78, 5) is 2.52. The molecular formula is C16H25N. The highest BCUT2D eigenvalue weighted by Crippen LogP contribution is 2.27. The number of rotatable bonds is 1. The molecule has 1 aromatic rings. The summed E-state index contributed by atoms with van der Waals surface area (Å²) >= 11 is 0. The molecule has 0 N–H and O–H groups in total. The summed E-state index contributed by atoms with van der Waals surface area (Å²) in [6.45, 7) is 11.6. The summed E-state index contributed by atoms with van der Waals surface area (Å²) in [6, 6.07) is 9.15. The first-order valence-corrected chi connectivity index (χ1v) is 6.82. The predicted molar refractivity (Wildman–Crippen MR) is 75.8 cm³/mol. The van der Waals surface area contributed by atoms with E-state index in [1.54, 1.807) is 0 Å². The minimum atomic E-state index is 0.259. The maximum atomic E-state index is 2.52. The number of anilines is 1. The first kappa shape index (κ1) is 12.5. The fourth-order valence-corrected chi connectivity index (χ4v) is 2.44. The third-order valence-electron chi connectivity index (χ3n) is 3.88. The van der Waals surface area contributed by atoms with Crippen LogP contribution in [0, 0.1) is 5.92 Å². The van der Waals surface area contributed by atoms with Gasteiger partial charge in [-0.2, -0.15) is 0 Å². The quantitative estimate of drug-likeness (QED) is 0.699. The summed E-state index contributed by atoms with van der Waals surface area (Å²) in [7, 11) is 0. The van der Waals surface area contributed by atoms with Crippen molar-refractivity contribution in [3.05, 3.63) is 29.8 Å². The Hall–Kier alpha value is -0.980. The Bertz CT molecular complexity index is 350. The summed E-state index contributed by atoms with van der Waals surface area (Å²) in [5, 5.41) is 0. The van der Waals surface area contributed by atoms with Gasteiger partial charge in [0.05, 0.1) is 0 Å². The molecule has 1 aromatic carbocycles. The van der Waals surface area contributed by atoms with E-state index < -0.39 is 0 Å². The monoisotopic (exact) mass is 231 g/mol. The summed E-state index contributed by atoms with van der Waals surface area (Å²) in [6.07, 6.45) is 2.67. The van der Waals surface area contributed by atoms with Crippen LogP contribution in [0.3, 0.4) is 0 Å². The van der Waals surface area contributed by atoms with Crippen LogP contribution in [0.25, 0.3) is 0 Å². The summed E-state index contributed by atoms with van der Waals surface area (Å²) < 4.78 is 0. The molecule has 1 saturated heterocycles. The highest BCUT2D eigenvalue weighted by Gasteiger charge is 2.17. The molecule has 1 aliphatic heterocycles. The minimum absolute atomic E-state index is 0.259. The Balaban J connectivity index is 2.08. The highest BCUT2D eigenvalue weighted by atomic mass is 15.1. The molecule has 94 valence electrons. The van der Waals surface area contributed by atoms with Gasteiger partial charge in [0.25, 0.3) is 0 Å². The lowest BCUT2D eigenvalue weighted by molar-refractivity contribution is 0.438. The van der Waals surface area contributed by atoms with Gasteiger partial charge in [-0.15, -0.1) is 0 Å². The van der Waals surface area contributed by atoms with Gasteiger partial charge < -0.3 is 4.90 Å². The van der Waals surface area contributed by atoms with Gasteiger partial charge in [0.1, 0.15) is 0 Å². The van der Waals surface area contributed by atoms with Crippen LogP contribution in [0.15, 0.2) is 24.3 Å². The second-order valence-electron chi connectivity index (χ2n) is 6.47. The first-order valence-electron chi connectivity index (χ1n) is 6.82. The van der Waals surface area contributed by atoms with E-state index in [1.165, 1.54) is 37.2 Å². The Labute approximate surface area is 106 Å². The van der Waals surface area contributed by atoms with Crippen molar-refractivity contribution in [3.63, 3.8) is 0 Å². The van der Waals surface area contributed by atoms with Crippen LogP contribution in [0.4, 0.5) is 5.69 Å². The second kappa shape index (κ2) is 4.72. The van der Waals surface area contributed by atoms with Gasteiger partial charge in [0.2, 0.25) is 0 Å². The van der Waals surface area contributed by atoms with Crippen LogP contribution >= 0.6 is 0 Å². The number of benzene rings is 1. The minimum Gasteiger partial charge on any atom is -0.372 e. The van der Waals surface area contributed by atoms with Crippen LogP contribution in [-0.2, 0) is 5.41 Å². The number of hydrogen-bond donors (Lipinski definition) is 0. The topological polar surface area (TPSA) is 3.24 Å². The third kappa shape index (κ3) is 3.02. The molecule has 2 rings (SSSR count). The fourth-order valence-electron chi connectivity index (χ4n) is 2.44. The molecule has 0 bridgehead atoms.